The molecule has 0 unspecified atom stereocenters. The van der Waals surface area contributed by atoms with Crippen LogP contribution in [0.25, 0.3) is 17.1 Å². The quantitative estimate of drug-likeness (QED) is 0.274. The number of rotatable bonds is 6. The minimum atomic E-state index is -0.798. The molecule has 0 aliphatic rings. The maximum atomic E-state index is 12.6. The lowest BCUT2D eigenvalue weighted by molar-refractivity contribution is 0.0462. The molecule has 1 aromatic heterocycles. The van der Waals surface area contributed by atoms with Crippen molar-refractivity contribution >= 4 is 35.0 Å². The van der Waals surface area contributed by atoms with Gasteiger partial charge in [-0.05, 0) is 55.5 Å². The number of ether oxygens (including phenoxy) is 1. The van der Waals surface area contributed by atoms with E-state index in [1.807, 2.05) is 31.2 Å². The van der Waals surface area contributed by atoms with Crippen LogP contribution in [0.5, 0.6) is 0 Å². The molecule has 0 bridgehead atoms. The zero-order valence-electron chi connectivity index (χ0n) is 17.0. The number of aromatic nitrogens is 3. The number of ketones is 1. The summed E-state index contributed by atoms with van der Waals surface area (Å²) in [4.78, 5) is 29.3. The van der Waals surface area contributed by atoms with Crippen molar-refractivity contribution in [2.75, 3.05) is 6.61 Å². The number of esters is 1. The molecule has 0 N–H and O–H groups in total. The smallest absolute Gasteiger partial charge is 0.378 e. The minimum absolute atomic E-state index is 0.153. The molecule has 8 heteroatoms. The molecule has 0 aliphatic heterocycles. The van der Waals surface area contributed by atoms with E-state index < -0.39 is 12.6 Å². The Balaban J connectivity index is 1.60. The predicted octanol–water partition coefficient (Wildman–Crippen LogP) is 5.59. The van der Waals surface area contributed by atoms with Crippen molar-refractivity contribution in [1.82, 2.24) is 14.8 Å². The number of halogens is 2. The summed E-state index contributed by atoms with van der Waals surface area (Å²) in [5, 5.41) is 5.42. The lowest BCUT2D eigenvalue weighted by atomic mass is 10.1. The number of carbonyl (C=O) groups excluding carboxylic acids is 2. The van der Waals surface area contributed by atoms with E-state index in [0.717, 1.165) is 11.1 Å². The molecule has 1 heterocycles. The highest BCUT2D eigenvalue weighted by Crippen LogP contribution is 2.23. The molecule has 0 amide bonds. The molecule has 0 atom stereocenters. The van der Waals surface area contributed by atoms with Gasteiger partial charge in [-0.1, -0.05) is 53.0 Å². The van der Waals surface area contributed by atoms with Crippen LogP contribution in [0.1, 0.15) is 26.5 Å². The van der Waals surface area contributed by atoms with E-state index in [9.17, 15) is 9.59 Å². The number of carbonyl (C=O) groups is 2. The average Bonchev–Trinajstić information content (AvgIpc) is 3.24. The van der Waals surface area contributed by atoms with Gasteiger partial charge < -0.3 is 4.74 Å². The van der Waals surface area contributed by atoms with Gasteiger partial charge in [-0.25, -0.2) is 14.5 Å². The van der Waals surface area contributed by atoms with Crippen molar-refractivity contribution in [1.29, 1.82) is 0 Å². The molecule has 3 aromatic carbocycles. The molecule has 4 aromatic rings. The first kappa shape index (κ1) is 21.7. The maximum absolute atomic E-state index is 12.6. The largest absolute Gasteiger partial charge is 0.451 e. The van der Waals surface area contributed by atoms with E-state index in [-0.39, 0.29) is 11.6 Å². The van der Waals surface area contributed by atoms with Crippen LogP contribution in [0.2, 0.25) is 10.0 Å². The average molecular weight is 466 g/mol. The monoisotopic (exact) mass is 465 g/mol. The Morgan fingerprint density at radius 2 is 1.47 bits per heavy atom. The Morgan fingerprint density at radius 3 is 2.09 bits per heavy atom. The molecule has 0 radical (unpaired) electrons. The molecule has 0 saturated heterocycles. The van der Waals surface area contributed by atoms with E-state index in [2.05, 4.69) is 10.1 Å². The van der Waals surface area contributed by atoms with Gasteiger partial charge in [-0.15, -0.1) is 5.10 Å². The Kier molecular flexibility index (Phi) is 6.35. The second kappa shape index (κ2) is 9.34. The molecule has 0 aliphatic carbocycles. The fourth-order valence-electron chi connectivity index (χ4n) is 2.97. The zero-order valence-corrected chi connectivity index (χ0v) is 18.5. The van der Waals surface area contributed by atoms with Crippen LogP contribution in [0.15, 0.2) is 72.8 Å². The van der Waals surface area contributed by atoms with Crippen LogP contribution in [0, 0.1) is 6.92 Å². The van der Waals surface area contributed by atoms with Gasteiger partial charge in [0.05, 0.1) is 5.69 Å². The summed E-state index contributed by atoms with van der Waals surface area (Å²) in [6.07, 6.45) is 0. The van der Waals surface area contributed by atoms with Gasteiger partial charge in [0.25, 0.3) is 5.82 Å². The highest BCUT2D eigenvalue weighted by molar-refractivity contribution is 6.30. The zero-order chi connectivity index (χ0) is 22.7. The van der Waals surface area contributed by atoms with Crippen LogP contribution < -0.4 is 0 Å². The van der Waals surface area contributed by atoms with Crippen molar-refractivity contribution in [2.24, 2.45) is 0 Å². The number of nitrogens with zero attached hydrogens (tertiary/aromatic N) is 3. The lowest BCUT2D eigenvalue weighted by Gasteiger charge is -2.06. The van der Waals surface area contributed by atoms with Crippen molar-refractivity contribution in [2.45, 2.75) is 6.92 Å². The molecule has 4 rings (SSSR count). The second-order valence-electron chi connectivity index (χ2n) is 7.02. The van der Waals surface area contributed by atoms with Crippen LogP contribution in [0.3, 0.4) is 0 Å². The maximum Gasteiger partial charge on any atom is 0.378 e. The van der Waals surface area contributed by atoms with E-state index in [1.165, 1.54) is 0 Å². The normalized spacial score (nSPS) is 10.7. The summed E-state index contributed by atoms with van der Waals surface area (Å²) in [5.74, 6) is -0.845. The van der Waals surface area contributed by atoms with Crippen LogP contribution in [0.4, 0.5) is 0 Å². The van der Waals surface area contributed by atoms with E-state index >= 15 is 0 Å². The Bertz CT molecular complexity index is 1200. The summed E-state index contributed by atoms with van der Waals surface area (Å²) in [5.41, 5.74) is 2.93. The first-order chi connectivity index (χ1) is 15.4. The molecule has 160 valence electrons. The first-order valence-electron chi connectivity index (χ1n) is 9.66. The van der Waals surface area contributed by atoms with Gasteiger partial charge in [0.2, 0.25) is 0 Å². The molecular weight excluding hydrogens is 449 g/mol. The third-order valence-electron chi connectivity index (χ3n) is 4.67. The van der Waals surface area contributed by atoms with Crippen LogP contribution in [-0.2, 0) is 4.74 Å². The first-order valence-corrected chi connectivity index (χ1v) is 10.4. The standard InChI is InChI=1S/C24H17Cl2N3O3/c1-15-2-4-17(5-3-15)23-27-22(28-29(23)20-12-10-19(26)11-13-20)24(31)32-14-21(30)16-6-8-18(25)9-7-16/h2-13H,14H2,1H3. The Morgan fingerprint density at radius 1 is 0.875 bits per heavy atom. The number of aryl methyl sites for hydroxylation is 1. The Hall–Kier alpha value is -3.48. The summed E-state index contributed by atoms with van der Waals surface area (Å²) in [6.45, 7) is 1.55. The molecular formula is C24H17Cl2N3O3. The minimum Gasteiger partial charge on any atom is -0.451 e. The number of hydrogen-bond acceptors (Lipinski definition) is 5. The second-order valence-corrected chi connectivity index (χ2v) is 7.89. The summed E-state index contributed by atoms with van der Waals surface area (Å²) in [7, 11) is 0. The van der Waals surface area contributed by atoms with Gasteiger partial charge in [0.15, 0.2) is 18.2 Å². The topological polar surface area (TPSA) is 74.1 Å². The SMILES string of the molecule is Cc1ccc(-c2nc(C(=O)OCC(=O)c3ccc(Cl)cc3)nn2-c2ccc(Cl)cc2)cc1. The fraction of sp³-hybridized carbons (Fsp3) is 0.0833. The summed E-state index contributed by atoms with van der Waals surface area (Å²) in [6, 6.07) is 21.0. The Labute approximate surface area is 194 Å². The van der Waals surface area contributed by atoms with Crippen molar-refractivity contribution in [3.63, 3.8) is 0 Å². The van der Waals surface area contributed by atoms with Gasteiger partial charge >= 0.3 is 5.97 Å². The van der Waals surface area contributed by atoms with Crippen molar-refractivity contribution < 1.29 is 14.3 Å². The van der Waals surface area contributed by atoms with Crippen molar-refractivity contribution in [3.8, 4) is 17.1 Å². The number of Topliss-reactive ketones (excluding diaryl/α,β-unsaturated/α-hetero) is 1. The lowest BCUT2D eigenvalue weighted by Crippen LogP contribution is -2.15. The summed E-state index contributed by atoms with van der Waals surface area (Å²) >= 11 is 11.8. The van der Waals surface area contributed by atoms with Crippen molar-refractivity contribution in [3.05, 3.63) is 99.8 Å². The molecule has 0 spiro atoms. The molecule has 6 nitrogen and oxygen atoms in total. The van der Waals surface area contributed by atoms with Gasteiger partial charge in [-0.2, -0.15) is 0 Å². The van der Waals surface area contributed by atoms with Crippen LogP contribution >= 0.6 is 23.2 Å². The van der Waals surface area contributed by atoms with Gasteiger partial charge in [0, 0.05) is 21.2 Å². The highest BCUT2D eigenvalue weighted by Gasteiger charge is 2.21. The van der Waals surface area contributed by atoms with E-state index in [1.54, 1.807) is 53.2 Å². The number of benzene rings is 3. The van der Waals surface area contributed by atoms with Crippen LogP contribution in [-0.4, -0.2) is 33.1 Å². The van der Waals surface area contributed by atoms with E-state index in [4.69, 9.17) is 27.9 Å². The third kappa shape index (κ3) is 4.88. The highest BCUT2D eigenvalue weighted by atomic mass is 35.5. The molecule has 0 saturated carbocycles. The third-order valence-corrected chi connectivity index (χ3v) is 5.18. The van der Waals surface area contributed by atoms with E-state index in [0.29, 0.717) is 27.1 Å². The molecule has 0 fully saturated rings. The fourth-order valence-corrected chi connectivity index (χ4v) is 3.22. The number of hydrogen-bond donors (Lipinski definition) is 0. The van der Waals surface area contributed by atoms with Gasteiger partial charge in [-0.3, -0.25) is 4.79 Å². The molecule has 32 heavy (non-hydrogen) atoms. The van der Waals surface area contributed by atoms with Gasteiger partial charge in [0.1, 0.15) is 0 Å². The summed E-state index contributed by atoms with van der Waals surface area (Å²) < 4.78 is 6.71. The predicted molar refractivity (Wildman–Crippen MR) is 123 cm³/mol.